The highest BCUT2D eigenvalue weighted by Crippen LogP contribution is 2.17. The molecule has 0 unspecified atom stereocenters. The van der Waals surface area contributed by atoms with Crippen LogP contribution in [0.5, 0.6) is 11.5 Å². The first-order valence-electron chi connectivity index (χ1n) is 7.85. The molecule has 5 heteroatoms. The van der Waals surface area contributed by atoms with Gasteiger partial charge in [-0.2, -0.15) is 0 Å². The van der Waals surface area contributed by atoms with E-state index in [0.29, 0.717) is 23.6 Å². The van der Waals surface area contributed by atoms with Gasteiger partial charge in [0.1, 0.15) is 11.5 Å². The molecule has 24 heavy (non-hydrogen) atoms. The summed E-state index contributed by atoms with van der Waals surface area (Å²) in [6, 6.07) is 14.1. The average Bonchev–Trinajstić information content (AvgIpc) is 2.57. The van der Waals surface area contributed by atoms with Crippen LogP contribution in [-0.2, 0) is 4.79 Å². The van der Waals surface area contributed by atoms with Gasteiger partial charge in [0, 0.05) is 11.3 Å². The van der Waals surface area contributed by atoms with E-state index in [4.69, 9.17) is 9.47 Å². The molecule has 0 aliphatic rings. The quantitative estimate of drug-likeness (QED) is 0.751. The molecule has 0 fully saturated rings. The maximum absolute atomic E-state index is 11.9. The number of anilines is 1. The molecule has 1 amide bonds. The van der Waals surface area contributed by atoms with Crippen LogP contribution in [0.4, 0.5) is 5.69 Å². The number of ether oxygens (including phenoxy) is 2. The van der Waals surface area contributed by atoms with E-state index >= 15 is 0 Å². The number of ketones is 1. The minimum absolute atomic E-state index is 0.00312. The lowest BCUT2D eigenvalue weighted by Crippen LogP contribution is -2.15. The third kappa shape index (κ3) is 5.43. The van der Waals surface area contributed by atoms with Gasteiger partial charge in [0.15, 0.2) is 5.78 Å². The highest BCUT2D eigenvalue weighted by atomic mass is 16.5. The van der Waals surface area contributed by atoms with E-state index < -0.39 is 0 Å². The summed E-state index contributed by atoms with van der Waals surface area (Å²) in [5, 5.41) is 2.77. The minimum atomic E-state index is -0.142. The molecule has 0 spiro atoms. The molecule has 2 rings (SSSR count). The molecule has 2 aromatic rings. The lowest BCUT2D eigenvalue weighted by atomic mass is 10.1. The number of amides is 1. The van der Waals surface area contributed by atoms with Crippen LogP contribution in [0.25, 0.3) is 0 Å². The molecule has 5 nitrogen and oxygen atoms in total. The van der Waals surface area contributed by atoms with E-state index in [0.717, 1.165) is 5.75 Å². The molecule has 1 N–H and O–H groups in total. The summed E-state index contributed by atoms with van der Waals surface area (Å²) < 4.78 is 10.9. The summed E-state index contributed by atoms with van der Waals surface area (Å²) in [7, 11) is 0. The normalized spacial score (nSPS) is 10.1. The van der Waals surface area contributed by atoms with Crippen LogP contribution in [0.15, 0.2) is 48.5 Å². The second-order valence-electron chi connectivity index (χ2n) is 5.18. The summed E-state index contributed by atoms with van der Waals surface area (Å²) in [5.41, 5.74) is 1.28. The molecule has 2 aromatic carbocycles. The molecule has 0 aliphatic heterocycles. The van der Waals surface area contributed by atoms with Crippen LogP contribution in [0.2, 0.25) is 0 Å². The van der Waals surface area contributed by atoms with Crippen molar-refractivity contribution in [2.75, 3.05) is 18.5 Å². The fraction of sp³-hybridized carbons (Fsp3) is 0.263. The van der Waals surface area contributed by atoms with E-state index in [9.17, 15) is 9.59 Å². The number of carbonyl (C=O) groups excluding carboxylic acids is 2. The van der Waals surface area contributed by atoms with Gasteiger partial charge in [0.05, 0.1) is 19.6 Å². The Hall–Kier alpha value is -2.82. The summed E-state index contributed by atoms with van der Waals surface area (Å²) in [4.78, 5) is 23.1. The Morgan fingerprint density at radius 1 is 0.917 bits per heavy atom. The second-order valence-corrected chi connectivity index (χ2v) is 5.18. The van der Waals surface area contributed by atoms with Gasteiger partial charge in [0.2, 0.25) is 5.91 Å². The van der Waals surface area contributed by atoms with Crippen molar-refractivity contribution >= 4 is 17.4 Å². The smallest absolute Gasteiger partial charge is 0.227 e. The van der Waals surface area contributed by atoms with E-state index in [1.165, 1.54) is 6.92 Å². The van der Waals surface area contributed by atoms with Gasteiger partial charge in [-0.15, -0.1) is 0 Å². The van der Waals surface area contributed by atoms with Gasteiger partial charge < -0.3 is 14.8 Å². The van der Waals surface area contributed by atoms with Gasteiger partial charge >= 0.3 is 0 Å². The van der Waals surface area contributed by atoms with Gasteiger partial charge in [-0.1, -0.05) is 0 Å². The molecule has 0 heterocycles. The number of rotatable bonds is 8. The number of Topliss-reactive ketones (excluding diaryl/α,β-unsaturated/α-hetero) is 1. The Bertz CT molecular complexity index is 678. The molecule has 0 aliphatic carbocycles. The lowest BCUT2D eigenvalue weighted by Gasteiger charge is -2.08. The number of benzene rings is 2. The van der Waals surface area contributed by atoms with Crippen LogP contribution in [-0.4, -0.2) is 24.9 Å². The van der Waals surface area contributed by atoms with Crippen LogP contribution >= 0.6 is 0 Å². The van der Waals surface area contributed by atoms with Crippen LogP contribution in [0.3, 0.4) is 0 Å². The summed E-state index contributed by atoms with van der Waals surface area (Å²) in [5.74, 6) is 1.34. The number of hydrogen-bond donors (Lipinski definition) is 1. The van der Waals surface area contributed by atoms with E-state index in [2.05, 4.69) is 5.32 Å². The van der Waals surface area contributed by atoms with Crippen molar-refractivity contribution in [3.63, 3.8) is 0 Å². The Morgan fingerprint density at radius 3 is 2.04 bits per heavy atom. The first-order valence-corrected chi connectivity index (χ1v) is 7.85. The highest BCUT2D eigenvalue weighted by molar-refractivity contribution is 5.95. The summed E-state index contributed by atoms with van der Waals surface area (Å²) >= 11 is 0. The van der Waals surface area contributed by atoms with Gasteiger partial charge in [-0.05, 0) is 62.4 Å². The fourth-order valence-corrected chi connectivity index (χ4v) is 2.07. The van der Waals surface area contributed by atoms with E-state index in [1.807, 2.05) is 31.2 Å². The second kappa shape index (κ2) is 8.72. The third-order valence-corrected chi connectivity index (χ3v) is 3.31. The highest BCUT2D eigenvalue weighted by Gasteiger charge is 2.05. The summed E-state index contributed by atoms with van der Waals surface area (Å²) in [6.45, 7) is 4.33. The van der Waals surface area contributed by atoms with Crippen molar-refractivity contribution in [1.29, 1.82) is 0 Å². The molecule has 0 saturated heterocycles. The fourth-order valence-electron chi connectivity index (χ4n) is 2.07. The lowest BCUT2D eigenvalue weighted by molar-refractivity contribution is -0.116. The summed E-state index contributed by atoms with van der Waals surface area (Å²) in [6.07, 6.45) is 0.238. The molecular weight excluding hydrogens is 306 g/mol. The Balaban J connectivity index is 1.75. The monoisotopic (exact) mass is 327 g/mol. The predicted molar refractivity (Wildman–Crippen MR) is 92.8 cm³/mol. The standard InChI is InChI=1S/C19H21NO4/c1-3-23-17-8-10-18(11-9-17)24-13-12-19(22)20-16-6-4-15(5-7-16)14(2)21/h4-11H,3,12-13H2,1-2H3,(H,20,22). The zero-order chi connectivity index (χ0) is 17.4. The first-order chi connectivity index (χ1) is 11.6. The largest absolute Gasteiger partial charge is 0.494 e. The van der Waals surface area contributed by atoms with E-state index in [-0.39, 0.29) is 24.7 Å². The van der Waals surface area contributed by atoms with Gasteiger partial charge in [-0.25, -0.2) is 0 Å². The minimum Gasteiger partial charge on any atom is -0.494 e. The SMILES string of the molecule is CCOc1ccc(OCCC(=O)Nc2ccc(C(C)=O)cc2)cc1. The number of hydrogen-bond acceptors (Lipinski definition) is 4. The number of carbonyl (C=O) groups is 2. The molecule has 0 bridgehead atoms. The molecule has 126 valence electrons. The van der Waals surface area contributed by atoms with Crippen LogP contribution in [0, 0.1) is 0 Å². The zero-order valence-corrected chi connectivity index (χ0v) is 13.9. The zero-order valence-electron chi connectivity index (χ0n) is 13.9. The third-order valence-electron chi connectivity index (χ3n) is 3.31. The Morgan fingerprint density at radius 2 is 1.50 bits per heavy atom. The Kier molecular flexibility index (Phi) is 6.37. The van der Waals surface area contributed by atoms with Crippen molar-refractivity contribution in [1.82, 2.24) is 0 Å². The molecule has 0 aromatic heterocycles. The molecule has 0 radical (unpaired) electrons. The number of nitrogens with one attached hydrogen (secondary N) is 1. The van der Waals surface area contributed by atoms with Gasteiger partial charge in [-0.3, -0.25) is 9.59 Å². The van der Waals surface area contributed by atoms with Crippen LogP contribution < -0.4 is 14.8 Å². The molecular formula is C19H21NO4. The van der Waals surface area contributed by atoms with Gasteiger partial charge in [0.25, 0.3) is 0 Å². The maximum atomic E-state index is 11.9. The topological polar surface area (TPSA) is 64.6 Å². The van der Waals surface area contributed by atoms with Crippen molar-refractivity contribution in [3.05, 3.63) is 54.1 Å². The van der Waals surface area contributed by atoms with E-state index in [1.54, 1.807) is 24.3 Å². The first kappa shape index (κ1) is 17.5. The molecule has 0 atom stereocenters. The van der Waals surface area contributed by atoms with Crippen molar-refractivity contribution in [2.24, 2.45) is 0 Å². The predicted octanol–water partition coefficient (Wildman–Crippen LogP) is 3.70. The Labute approximate surface area is 141 Å². The van der Waals surface area contributed by atoms with Crippen molar-refractivity contribution in [3.8, 4) is 11.5 Å². The van der Waals surface area contributed by atoms with Crippen LogP contribution in [0.1, 0.15) is 30.6 Å². The maximum Gasteiger partial charge on any atom is 0.227 e. The molecule has 0 saturated carbocycles. The van der Waals surface area contributed by atoms with Crippen molar-refractivity contribution in [2.45, 2.75) is 20.3 Å². The average molecular weight is 327 g/mol. The van der Waals surface area contributed by atoms with Crippen molar-refractivity contribution < 1.29 is 19.1 Å².